The molecule has 0 aromatic heterocycles. The Morgan fingerprint density at radius 3 is 2.75 bits per heavy atom. The molecule has 1 aliphatic rings. The third-order valence-corrected chi connectivity index (χ3v) is 2.62. The molecule has 1 fully saturated rings. The minimum atomic E-state index is 0.727. The van der Waals surface area contributed by atoms with Crippen LogP contribution in [0.1, 0.15) is 41.1 Å². The monoisotopic (exact) mass is 160 g/mol. The molecular formula is C11H12O. The number of carbonyl (C=O) groups is 1. The summed E-state index contributed by atoms with van der Waals surface area (Å²) in [7, 11) is 0. The Morgan fingerprint density at radius 1 is 1.33 bits per heavy atom. The SMILES string of the molecule is O=Cc1cccc(C2CCC2)c1. The fourth-order valence-corrected chi connectivity index (χ4v) is 1.63. The molecule has 0 amide bonds. The summed E-state index contributed by atoms with van der Waals surface area (Å²) >= 11 is 0. The fraction of sp³-hybridized carbons (Fsp3) is 0.364. The molecule has 0 unspecified atom stereocenters. The normalized spacial score (nSPS) is 17.0. The van der Waals surface area contributed by atoms with Crippen molar-refractivity contribution < 1.29 is 4.79 Å². The number of carbonyl (C=O) groups excluding carboxylic acids is 1. The number of rotatable bonds is 2. The third kappa shape index (κ3) is 1.27. The van der Waals surface area contributed by atoms with Gasteiger partial charge in [-0.2, -0.15) is 0 Å². The zero-order chi connectivity index (χ0) is 8.39. The first-order valence-corrected chi connectivity index (χ1v) is 4.45. The van der Waals surface area contributed by atoms with Crippen LogP contribution in [0.3, 0.4) is 0 Å². The van der Waals surface area contributed by atoms with Gasteiger partial charge in [0.25, 0.3) is 0 Å². The van der Waals surface area contributed by atoms with Gasteiger partial charge < -0.3 is 0 Å². The Bertz CT molecular complexity index is 287. The van der Waals surface area contributed by atoms with Gasteiger partial charge in [0.2, 0.25) is 0 Å². The Balaban J connectivity index is 2.25. The summed E-state index contributed by atoms with van der Waals surface area (Å²) in [5.74, 6) is 0.727. The largest absolute Gasteiger partial charge is 0.298 e. The van der Waals surface area contributed by atoms with Crippen LogP contribution in [-0.2, 0) is 0 Å². The van der Waals surface area contributed by atoms with Crippen LogP contribution < -0.4 is 0 Å². The lowest BCUT2D eigenvalue weighted by Crippen LogP contribution is -2.08. The minimum Gasteiger partial charge on any atom is -0.298 e. The van der Waals surface area contributed by atoms with Crippen LogP contribution >= 0.6 is 0 Å². The summed E-state index contributed by atoms with van der Waals surface area (Å²) in [6.07, 6.45) is 4.85. The maximum absolute atomic E-state index is 10.5. The van der Waals surface area contributed by atoms with Crippen molar-refractivity contribution in [3.8, 4) is 0 Å². The number of hydrogen-bond donors (Lipinski definition) is 0. The summed E-state index contributed by atoms with van der Waals surface area (Å²) in [5.41, 5.74) is 2.14. The first kappa shape index (κ1) is 7.53. The average Bonchev–Trinajstić information content (AvgIpc) is 2.02. The molecule has 62 valence electrons. The van der Waals surface area contributed by atoms with Crippen molar-refractivity contribution in [2.24, 2.45) is 0 Å². The van der Waals surface area contributed by atoms with Gasteiger partial charge in [0.1, 0.15) is 6.29 Å². The lowest BCUT2D eigenvalue weighted by Gasteiger charge is -2.25. The molecule has 1 saturated carbocycles. The number of benzene rings is 1. The highest BCUT2D eigenvalue weighted by Gasteiger charge is 2.18. The molecule has 1 aromatic carbocycles. The molecule has 1 aromatic rings. The van der Waals surface area contributed by atoms with Crippen LogP contribution in [0.4, 0.5) is 0 Å². The van der Waals surface area contributed by atoms with Gasteiger partial charge in [0.15, 0.2) is 0 Å². The van der Waals surface area contributed by atoms with Gasteiger partial charge in [0, 0.05) is 5.56 Å². The van der Waals surface area contributed by atoms with Crippen LogP contribution in [0, 0.1) is 0 Å². The summed E-state index contributed by atoms with van der Waals surface area (Å²) in [6, 6.07) is 7.96. The van der Waals surface area contributed by atoms with Gasteiger partial charge in [-0.25, -0.2) is 0 Å². The van der Waals surface area contributed by atoms with Crippen LogP contribution in [0.2, 0.25) is 0 Å². The van der Waals surface area contributed by atoms with E-state index in [2.05, 4.69) is 6.07 Å². The van der Waals surface area contributed by atoms with Gasteiger partial charge in [-0.3, -0.25) is 4.79 Å². The molecule has 1 nitrogen and oxygen atoms in total. The number of hydrogen-bond acceptors (Lipinski definition) is 1. The van der Waals surface area contributed by atoms with Gasteiger partial charge in [0.05, 0.1) is 0 Å². The first-order valence-electron chi connectivity index (χ1n) is 4.45. The molecule has 0 aliphatic heterocycles. The molecule has 1 heteroatoms. The molecule has 2 rings (SSSR count). The Labute approximate surface area is 72.4 Å². The van der Waals surface area contributed by atoms with E-state index in [0.717, 1.165) is 17.8 Å². The Morgan fingerprint density at radius 2 is 2.17 bits per heavy atom. The van der Waals surface area contributed by atoms with Crippen LogP contribution in [0.15, 0.2) is 24.3 Å². The minimum absolute atomic E-state index is 0.727. The second-order valence-electron chi connectivity index (χ2n) is 3.42. The lowest BCUT2D eigenvalue weighted by molar-refractivity contribution is 0.112. The Hall–Kier alpha value is -1.11. The van der Waals surface area contributed by atoms with E-state index in [4.69, 9.17) is 0 Å². The van der Waals surface area contributed by atoms with Crippen LogP contribution in [0.5, 0.6) is 0 Å². The quantitative estimate of drug-likeness (QED) is 0.608. The zero-order valence-electron chi connectivity index (χ0n) is 6.99. The van der Waals surface area contributed by atoms with Crippen molar-refractivity contribution in [2.75, 3.05) is 0 Å². The molecule has 0 saturated heterocycles. The summed E-state index contributed by atoms with van der Waals surface area (Å²) in [4.78, 5) is 10.5. The highest BCUT2D eigenvalue weighted by Crippen LogP contribution is 2.36. The predicted octanol–water partition coefficient (Wildman–Crippen LogP) is 2.77. The van der Waals surface area contributed by atoms with Gasteiger partial charge in [-0.15, -0.1) is 0 Å². The topological polar surface area (TPSA) is 17.1 Å². The maximum atomic E-state index is 10.5. The van der Waals surface area contributed by atoms with Crippen LogP contribution in [-0.4, -0.2) is 6.29 Å². The molecule has 0 N–H and O–H groups in total. The zero-order valence-corrected chi connectivity index (χ0v) is 6.99. The third-order valence-electron chi connectivity index (χ3n) is 2.62. The maximum Gasteiger partial charge on any atom is 0.150 e. The van der Waals surface area contributed by atoms with Crippen molar-refractivity contribution in [3.63, 3.8) is 0 Å². The van der Waals surface area contributed by atoms with Crippen molar-refractivity contribution in [1.29, 1.82) is 0 Å². The van der Waals surface area contributed by atoms with E-state index in [0.29, 0.717) is 0 Å². The summed E-state index contributed by atoms with van der Waals surface area (Å²) in [5, 5.41) is 0. The highest BCUT2D eigenvalue weighted by molar-refractivity contribution is 5.75. The summed E-state index contributed by atoms with van der Waals surface area (Å²) < 4.78 is 0. The van der Waals surface area contributed by atoms with Gasteiger partial charge in [-0.05, 0) is 30.4 Å². The van der Waals surface area contributed by atoms with E-state index in [1.165, 1.54) is 24.8 Å². The fourth-order valence-electron chi connectivity index (χ4n) is 1.63. The molecule has 0 radical (unpaired) electrons. The van der Waals surface area contributed by atoms with E-state index in [-0.39, 0.29) is 0 Å². The van der Waals surface area contributed by atoms with Gasteiger partial charge in [-0.1, -0.05) is 24.6 Å². The Kier molecular flexibility index (Phi) is 1.94. The molecule has 0 atom stereocenters. The second kappa shape index (κ2) is 3.10. The van der Waals surface area contributed by atoms with E-state index >= 15 is 0 Å². The second-order valence-corrected chi connectivity index (χ2v) is 3.42. The van der Waals surface area contributed by atoms with E-state index in [1.807, 2.05) is 18.2 Å². The van der Waals surface area contributed by atoms with E-state index in [1.54, 1.807) is 0 Å². The number of aldehydes is 1. The molecule has 0 heterocycles. The van der Waals surface area contributed by atoms with Crippen LogP contribution in [0.25, 0.3) is 0 Å². The van der Waals surface area contributed by atoms with E-state index in [9.17, 15) is 4.79 Å². The summed E-state index contributed by atoms with van der Waals surface area (Å²) in [6.45, 7) is 0. The van der Waals surface area contributed by atoms with E-state index < -0.39 is 0 Å². The van der Waals surface area contributed by atoms with Crippen molar-refractivity contribution in [2.45, 2.75) is 25.2 Å². The van der Waals surface area contributed by atoms with Crippen molar-refractivity contribution in [1.82, 2.24) is 0 Å². The average molecular weight is 160 g/mol. The molecule has 0 bridgehead atoms. The smallest absolute Gasteiger partial charge is 0.150 e. The predicted molar refractivity (Wildman–Crippen MR) is 48.4 cm³/mol. The molecular weight excluding hydrogens is 148 g/mol. The first-order chi connectivity index (χ1) is 5.90. The molecule has 1 aliphatic carbocycles. The van der Waals surface area contributed by atoms with Crippen molar-refractivity contribution >= 4 is 6.29 Å². The lowest BCUT2D eigenvalue weighted by atomic mass is 9.80. The van der Waals surface area contributed by atoms with Crippen molar-refractivity contribution in [3.05, 3.63) is 35.4 Å². The molecule has 0 spiro atoms. The standard InChI is InChI=1S/C11H12O/c12-8-9-3-1-6-11(7-9)10-4-2-5-10/h1,3,6-8,10H,2,4-5H2. The molecule has 12 heavy (non-hydrogen) atoms. The van der Waals surface area contributed by atoms with Gasteiger partial charge >= 0.3 is 0 Å². The highest BCUT2D eigenvalue weighted by atomic mass is 16.1.